The van der Waals surface area contributed by atoms with Crippen molar-refractivity contribution in [2.75, 3.05) is 0 Å². The molecule has 0 spiro atoms. The summed E-state index contributed by atoms with van der Waals surface area (Å²) in [7, 11) is 0. The van der Waals surface area contributed by atoms with Crippen molar-refractivity contribution in [3.8, 4) is 17.1 Å². The predicted octanol–water partition coefficient (Wildman–Crippen LogP) is 2.34. The van der Waals surface area contributed by atoms with E-state index in [1.165, 1.54) is 17.1 Å². The van der Waals surface area contributed by atoms with E-state index < -0.39 is 5.97 Å². The second kappa shape index (κ2) is 5.16. The number of carboxylic acids is 1. The topological polar surface area (TPSA) is 80.9 Å². The average molecular weight is 280 g/mol. The van der Waals surface area contributed by atoms with Crippen molar-refractivity contribution < 1.29 is 9.90 Å². The number of aromatic carboxylic acids is 1. The van der Waals surface area contributed by atoms with E-state index >= 15 is 0 Å². The van der Waals surface area contributed by atoms with Crippen molar-refractivity contribution in [3.63, 3.8) is 0 Å². The monoisotopic (exact) mass is 280 g/mol. The minimum atomic E-state index is -1.04. The van der Waals surface area contributed by atoms with Gasteiger partial charge in [-0.15, -0.1) is 0 Å². The molecule has 2 heterocycles. The third-order valence-corrected chi connectivity index (χ3v) is 3.07. The molecule has 0 saturated heterocycles. The largest absolute Gasteiger partial charge is 0.478 e. The molecule has 0 unspecified atom stereocenters. The zero-order valence-corrected chi connectivity index (χ0v) is 11.3. The first-order valence-electron chi connectivity index (χ1n) is 6.33. The van der Waals surface area contributed by atoms with Crippen molar-refractivity contribution in [2.45, 2.75) is 6.92 Å². The van der Waals surface area contributed by atoms with Crippen molar-refractivity contribution in [3.05, 3.63) is 60.2 Å². The minimum absolute atomic E-state index is 0.0995. The fourth-order valence-corrected chi connectivity index (χ4v) is 2.06. The van der Waals surface area contributed by atoms with Crippen molar-refractivity contribution in [1.82, 2.24) is 19.7 Å². The Morgan fingerprint density at radius 1 is 1.10 bits per heavy atom. The third-order valence-electron chi connectivity index (χ3n) is 3.07. The normalized spacial score (nSPS) is 10.5. The van der Waals surface area contributed by atoms with E-state index in [0.29, 0.717) is 17.1 Å². The van der Waals surface area contributed by atoms with E-state index in [-0.39, 0.29) is 5.56 Å². The van der Waals surface area contributed by atoms with Gasteiger partial charge in [-0.2, -0.15) is 5.10 Å². The Balaban J connectivity index is 2.19. The van der Waals surface area contributed by atoms with Gasteiger partial charge < -0.3 is 5.11 Å². The van der Waals surface area contributed by atoms with Gasteiger partial charge in [-0.25, -0.2) is 9.48 Å². The maximum atomic E-state index is 11.4. The molecule has 0 aliphatic carbocycles. The minimum Gasteiger partial charge on any atom is -0.478 e. The average Bonchev–Trinajstić information content (AvgIpc) is 2.94. The highest BCUT2D eigenvalue weighted by Crippen LogP contribution is 2.23. The number of rotatable bonds is 3. The maximum absolute atomic E-state index is 11.4. The number of nitrogens with zero attached hydrogens (tertiary/aromatic N) is 4. The first-order chi connectivity index (χ1) is 10.2. The molecule has 0 amide bonds. The van der Waals surface area contributed by atoms with Gasteiger partial charge in [0.25, 0.3) is 0 Å². The third kappa shape index (κ3) is 2.38. The molecule has 0 atom stereocenters. The number of carbonyl (C=O) groups is 1. The van der Waals surface area contributed by atoms with Gasteiger partial charge in [-0.05, 0) is 19.1 Å². The number of para-hydroxylation sites is 1. The standard InChI is InChI=1S/C15H12N4O2/c1-10-13(17-8-7-16-10)14-12(15(20)21)9-19(18-14)11-5-3-2-4-6-11/h2-9H,1H3,(H,20,21). The lowest BCUT2D eigenvalue weighted by molar-refractivity contribution is 0.0697. The van der Waals surface area contributed by atoms with Gasteiger partial charge in [0.2, 0.25) is 0 Å². The molecule has 0 aliphatic heterocycles. The van der Waals surface area contributed by atoms with Crippen LogP contribution in [0, 0.1) is 6.92 Å². The molecule has 0 radical (unpaired) electrons. The van der Waals surface area contributed by atoms with Gasteiger partial charge in [-0.1, -0.05) is 18.2 Å². The Bertz CT molecular complexity index is 796. The Morgan fingerprint density at radius 2 is 1.81 bits per heavy atom. The van der Waals surface area contributed by atoms with E-state index in [2.05, 4.69) is 15.1 Å². The summed E-state index contributed by atoms with van der Waals surface area (Å²) in [5, 5.41) is 13.7. The molecular formula is C15H12N4O2. The van der Waals surface area contributed by atoms with Crippen LogP contribution in [-0.4, -0.2) is 30.8 Å². The van der Waals surface area contributed by atoms with Crippen LogP contribution in [0.1, 0.15) is 16.1 Å². The molecule has 3 rings (SSSR count). The molecule has 104 valence electrons. The van der Waals surface area contributed by atoms with E-state index in [0.717, 1.165) is 5.69 Å². The van der Waals surface area contributed by atoms with Crippen molar-refractivity contribution >= 4 is 5.97 Å². The summed E-state index contributed by atoms with van der Waals surface area (Å²) in [6, 6.07) is 9.33. The molecule has 2 aromatic heterocycles. The quantitative estimate of drug-likeness (QED) is 0.796. The fourth-order valence-electron chi connectivity index (χ4n) is 2.06. The number of hydrogen-bond acceptors (Lipinski definition) is 4. The molecule has 6 heteroatoms. The van der Waals surface area contributed by atoms with Crippen LogP contribution in [0.5, 0.6) is 0 Å². The van der Waals surface area contributed by atoms with Crippen LogP contribution in [0.2, 0.25) is 0 Å². The summed E-state index contributed by atoms with van der Waals surface area (Å²) >= 11 is 0. The molecular weight excluding hydrogens is 268 g/mol. The van der Waals surface area contributed by atoms with E-state index in [9.17, 15) is 9.90 Å². The van der Waals surface area contributed by atoms with Crippen LogP contribution < -0.4 is 0 Å². The molecule has 3 aromatic rings. The summed E-state index contributed by atoms with van der Waals surface area (Å²) in [6.45, 7) is 1.77. The SMILES string of the molecule is Cc1nccnc1-c1nn(-c2ccccc2)cc1C(=O)O. The highest BCUT2D eigenvalue weighted by atomic mass is 16.4. The number of benzene rings is 1. The summed E-state index contributed by atoms with van der Waals surface area (Å²) in [6.07, 6.45) is 4.57. The smallest absolute Gasteiger partial charge is 0.339 e. The molecule has 0 bridgehead atoms. The Kier molecular flexibility index (Phi) is 3.19. The second-order valence-corrected chi connectivity index (χ2v) is 4.47. The van der Waals surface area contributed by atoms with Gasteiger partial charge in [0, 0.05) is 18.6 Å². The summed E-state index contributed by atoms with van der Waals surface area (Å²) in [5.74, 6) is -1.04. The van der Waals surface area contributed by atoms with Gasteiger partial charge in [-0.3, -0.25) is 9.97 Å². The van der Waals surface area contributed by atoms with Crippen molar-refractivity contribution in [1.29, 1.82) is 0 Å². The number of aryl methyl sites for hydroxylation is 1. The van der Waals surface area contributed by atoms with Crippen LogP contribution in [0.15, 0.2) is 48.9 Å². The lowest BCUT2D eigenvalue weighted by atomic mass is 10.1. The first-order valence-corrected chi connectivity index (χ1v) is 6.33. The van der Waals surface area contributed by atoms with Crippen LogP contribution in [0.3, 0.4) is 0 Å². The molecule has 0 saturated carbocycles. The van der Waals surface area contributed by atoms with Crippen LogP contribution in [-0.2, 0) is 0 Å². The van der Waals surface area contributed by atoms with Gasteiger partial charge in [0.1, 0.15) is 17.0 Å². The number of carboxylic acid groups (broad SMARTS) is 1. The van der Waals surface area contributed by atoms with Crippen LogP contribution in [0.4, 0.5) is 0 Å². The molecule has 0 fully saturated rings. The highest BCUT2D eigenvalue weighted by Gasteiger charge is 2.20. The van der Waals surface area contributed by atoms with Gasteiger partial charge in [0.15, 0.2) is 0 Å². The van der Waals surface area contributed by atoms with Crippen molar-refractivity contribution in [2.24, 2.45) is 0 Å². The zero-order chi connectivity index (χ0) is 14.8. The number of aromatic nitrogens is 4. The maximum Gasteiger partial charge on any atom is 0.339 e. The summed E-state index contributed by atoms with van der Waals surface area (Å²) in [5.41, 5.74) is 2.31. The lowest BCUT2D eigenvalue weighted by Gasteiger charge is -2.01. The lowest BCUT2D eigenvalue weighted by Crippen LogP contribution is -2.00. The number of hydrogen-bond donors (Lipinski definition) is 1. The van der Waals surface area contributed by atoms with E-state index in [1.807, 2.05) is 30.3 Å². The van der Waals surface area contributed by atoms with E-state index in [1.54, 1.807) is 13.1 Å². The summed E-state index contributed by atoms with van der Waals surface area (Å²) < 4.78 is 1.53. The zero-order valence-electron chi connectivity index (χ0n) is 11.3. The predicted molar refractivity (Wildman–Crippen MR) is 76.3 cm³/mol. The van der Waals surface area contributed by atoms with Gasteiger partial charge in [0.05, 0.1) is 11.4 Å². The van der Waals surface area contributed by atoms with E-state index in [4.69, 9.17) is 0 Å². The van der Waals surface area contributed by atoms with Gasteiger partial charge >= 0.3 is 5.97 Å². The first kappa shape index (κ1) is 13.0. The van der Waals surface area contributed by atoms with Crippen LogP contribution in [0.25, 0.3) is 17.1 Å². The molecule has 6 nitrogen and oxygen atoms in total. The fraction of sp³-hybridized carbons (Fsp3) is 0.0667. The Hall–Kier alpha value is -3.02. The Labute approximate surface area is 120 Å². The molecule has 1 aromatic carbocycles. The summed E-state index contributed by atoms with van der Waals surface area (Å²) in [4.78, 5) is 19.8. The molecule has 21 heavy (non-hydrogen) atoms. The van der Waals surface area contributed by atoms with Crippen LogP contribution >= 0.6 is 0 Å². The Morgan fingerprint density at radius 3 is 2.48 bits per heavy atom. The highest BCUT2D eigenvalue weighted by molar-refractivity contribution is 5.94. The molecule has 1 N–H and O–H groups in total. The molecule has 0 aliphatic rings. The second-order valence-electron chi connectivity index (χ2n) is 4.47.